The Morgan fingerprint density at radius 2 is 1.85 bits per heavy atom. The standard InChI is InChI=1S/C13H12Cl2N4O/c14-9-2-1-3-10(15)8(9)4-5-19-13(20)11-12(16)18-7-6-17-11/h1-3,6-7H,4-5H2,(H2,16,18)(H,19,20). The molecule has 0 aliphatic rings. The molecule has 0 saturated heterocycles. The van der Waals surface area contributed by atoms with Crippen molar-refractivity contribution in [2.24, 2.45) is 0 Å². The van der Waals surface area contributed by atoms with Crippen molar-refractivity contribution < 1.29 is 4.79 Å². The van der Waals surface area contributed by atoms with Gasteiger partial charge in [-0.2, -0.15) is 0 Å². The highest BCUT2D eigenvalue weighted by Gasteiger charge is 2.12. The summed E-state index contributed by atoms with van der Waals surface area (Å²) in [6.45, 7) is 0.373. The second-order valence-electron chi connectivity index (χ2n) is 4.00. The fraction of sp³-hybridized carbons (Fsp3) is 0.154. The molecule has 1 amide bonds. The number of nitrogen functional groups attached to an aromatic ring is 1. The maximum absolute atomic E-state index is 11.9. The number of halogens is 2. The van der Waals surface area contributed by atoms with Crippen molar-refractivity contribution in [3.63, 3.8) is 0 Å². The summed E-state index contributed by atoms with van der Waals surface area (Å²) >= 11 is 12.1. The molecule has 2 rings (SSSR count). The van der Waals surface area contributed by atoms with Gasteiger partial charge in [0.15, 0.2) is 11.5 Å². The Morgan fingerprint density at radius 3 is 2.50 bits per heavy atom. The van der Waals surface area contributed by atoms with E-state index in [0.29, 0.717) is 23.0 Å². The fourth-order valence-corrected chi connectivity index (χ4v) is 2.27. The minimum atomic E-state index is -0.376. The van der Waals surface area contributed by atoms with E-state index in [2.05, 4.69) is 15.3 Å². The van der Waals surface area contributed by atoms with Gasteiger partial charge in [-0.05, 0) is 24.1 Å². The largest absolute Gasteiger partial charge is 0.382 e. The molecule has 0 aliphatic heterocycles. The van der Waals surface area contributed by atoms with Crippen molar-refractivity contribution in [3.8, 4) is 0 Å². The van der Waals surface area contributed by atoms with Crippen molar-refractivity contribution in [1.82, 2.24) is 15.3 Å². The van der Waals surface area contributed by atoms with Crippen LogP contribution in [-0.4, -0.2) is 22.4 Å². The molecule has 0 bridgehead atoms. The maximum Gasteiger partial charge on any atom is 0.273 e. The zero-order valence-electron chi connectivity index (χ0n) is 10.4. The minimum absolute atomic E-state index is 0.0979. The van der Waals surface area contributed by atoms with Crippen LogP contribution in [0.5, 0.6) is 0 Å². The van der Waals surface area contributed by atoms with Crippen molar-refractivity contribution >= 4 is 34.9 Å². The average Bonchev–Trinajstić information content (AvgIpc) is 2.42. The van der Waals surface area contributed by atoms with E-state index in [1.165, 1.54) is 12.4 Å². The zero-order valence-corrected chi connectivity index (χ0v) is 11.9. The number of hydrogen-bond acceptors (Lipinski definition) is 4. The van der Waals surface area contributed by atoms with Crippen LogP contribution >= 0.6 is 23.2 Å². The normalized spacial score (nSPS) is 10.3. The second kappa shape index (κ2) is 6.54. The van der Waals surface area contributed by atoms with E-state index in [-0.39, 0.29) is 17.4 Å². The van der Waals surface area contributed by atoms with Gasteiger partial charge < -0.3 is 11.1 Å². The highest BCUT2D eigenvalue weighted by atomic mass is 35.5. The number of carbonyl (C=O) groups excluding carboxylic acids is 1. The number of nitrogens with zero attached hydrogens (tertiary/aromatic N) is 2. The fourth-order valence-electron chi connectivity index (χ4n) is 1.68. The minimum Gasteiger partial charge on any atom is -0.382 e. The van der Waals surface area contributed by atoms with Gasteiger partial charge in [-0.25, -0.2) is 9.97 Å². The lowest BCUT2D eigenvalue weighted by molar-refractivity contribution is 0.0950. The Bertz CT molecular complexity index is 613. The predicted molar refractivity (Wildman–Crippen MR) is 78.9 cm³/mol. The Hall–Kier alpha value is -1.85. The highest BCUT2D eigenvalue weighted by molar-refractivity contribution is 6.36. The van der Waals surface area contributed by atoms with Gasteiger partial charge in [0.2, 0.25) is 0 Å². The summed E-state index contributed by atoms with van der Waals surface area (Å²) < 4.78 is 0. The molecule has 3 N–H and O–H groups in total. The Balaban J connectivity index is 1.97. The summed E-state index contributed by atoms with van der Waals surface area (Å²) in [7, 11) is 0. The molecule has 20 heavy (non-hydrogen) atoms. The van der Waals surface area contributed by atoms with E-state index in [0.717, 1.165) is 5.56 Å². The van der Waals surface area contributed by atoms with Gasteiger partial charge in [0.25, 0.3) is 5.91 Å². The summed E-state index contributed by atoms with van der Waals surface area (Å²) in [5.41, 5.74) is 6.48. The van der Waals surface area contributed by atoms with E-state index in [4.69, 9.17) is 28.9 Å². The topological polar surface area (TPSA) is 80.9 Å². The van der Waals surface area contributed by atoms with Gasteiger partial charge in [-0.3, -0.25) is 4.79 Å². The van der Waals surface area contributed by atoms with Crippen LogP contribution in [0.4, 0.5) is 5.82 Å². The second-order valence-corrected chi connectivity index (χ2v) is 4.81. The number of benzene rings is 1. The first kappa shape index (κ1) is 14.6. The monoisotopic (exact) mass is 310 g/mol. The van der Waals surface area contributed by atoms with Crippen LogP contribution in [0.1, 0.15) is 16.1 Å². The first-order valence-corrected chi connectivity index (χ1v) is 6.62. The molecule has 0 fully saturated rings. The van der Waals surface area contributed by atoms with Gasteiger partial charge >= 0.3 is 0 Å². The third-order valence-electron chi connectivity index (χ3n) is 2.66. The number of anilines is 1. The average molecular weight is 311 g/mol. The van der Waals surface area contributed by atoms with E-state index >= 15 is 0 Å². The SMILES string of the molecule is Nc1nccnc1C(=O)NCCc1c(Cl)cccc1Cl. The molecule has 5 nitrogen and oxygen atoms in total. The van der Waals surface area contributed by atoms with Crippen molar-refractivity contribution in [1.29, 1.82) is 0 Å². The molecule has 1 aromatic heterocycles. The summed E-state index contributed by atoms with van der Waals surface area (Å²) in [5.74, 6) is -0.278. The van der Waals surface area contributed by atoms with Crippen LogP contribution in [-0.2, 0) is 6.42 Å². The van der Waals surface area contributed by atoms with Crippen molar-refractivity contribution in [2.75, 3.05) is 12.3 Å². The third kappa shape index (κ3) is 3.37. The Kier molecular flexibility index (Phi) is 4.76. The van der Waals surface area contributed by atoms with E-state index in [9.17, 15) is 4.79 Å². The van der Waals surface area contributed by atoms with Crippen LogP contribution in [0.15, 0.2) is 30.6 Å². The summed E-state index contributed by atoms with van der Waals surface area (Å²) in [6, 6.07) is 5.28. The molecule has 0 aliphatic carbocycles. The van der Waals surface area contributed by atoms with Crippen molar-refractivity contribution in [2.45, 2.75) is 6.42 Å². The molecule has 0 spiro atoms. The lowest BCUT2D eigenvalue weighted by atomic mass is 10.1. The van der Waals surface area contributed by atoms with E-state index in [1.807, 2.05) is 0 Å². The molecule has 1 aromatic carbocycles. The Labute approximate surface area is 126 Å². The van der Waals surface area contributed by atoms with Crippen LogP contribution in [0.2, 0.25) is 10.0 Å². The van der Waals surface area contributed by atoms with Gasteiger partial charge in [-0.15, -0.1) is 0 Å². The molecule has 1 heterocycles. The number of hydrogen-bond donors (Lipinski definition) is 2. The third-order valence-corrected chi connectivity index (χ3v) is 3.37. The molecular weight excluding hydrogens is 299 g/mol. The van der Waals surface area contributed by atoms with Gasteiger partial charge in [-0.1, -0.05) is 29.3 Å². The summed E-state index contributed by atoms with van der Waals surface area (Å²) in [6.07, 6.45) is 3.36. The van der Waals surface area contributed by atoms with Crippen LogP contribution < -0.4 is 11.1 Å². The van der Waals surface area contributed by atoms with Crippen LogP contribution in [0.3, 0.4) is 0 Å². The number of nitrogens with two attached hydrogens (primary N) is 1. The first-order chi connectivity index (χ1) is 9.59. The van der Waals surface area contributed by atoms with Gasteiger partial charge in [0.1, 0.15) is 0 Å². The number of aromatic nitrogens is 2. The number of amides is 1. The van der Waals surface area contributed by atoms with E-state index in [1.54, 1.807) is 18.2 Å². The number of rotatable bonds is 4. The first-order valence-electron chi connectivity index (χ1n) is 5.87. The maximum atomic E-state index is 11.9. The molecule has 0 radical (unpaired) electrons. The molecular formula is C13H12Cl2N4O. The molecule has 7 heteroatoms. The Morgan fingerprint density at radius 1 is 1.20 bits per heavy atom. The summed E-state index contributed by atoms with van der Waals surface area (Å²) in [4.78, 5) is 19.6. The number of nitrogens with one attached hydrogen (secondary N) is 1. The quantitative estimate of drug-likeness (QED) is 0.908. The van der Waals surface area contributed by atoms with E-state index < -0.39 is 0 Å². The van der Waals surface area contributed by atoms with Crippen LogP contribution in [0, 0.1) is 0 Å². The van der Waals surface area contributed by atoms with Crippen molar-refractivity contribution in [3.05, 3.63) is 51.9 Å². The number of carbonyl (C=O) groups is 1. The molecule has 104 valence electrons. The molecule has 2 aromatic rings. The summed E-state index contributed by atoms with van der Waals surface area (Å²) in [5, 5.41) is 3.85. The smallest absolute Gasteiger partial charge is 0.273 e. The van der Waals surface area contributed by atoms with Gasteiger partial charge in [0, 0.05) is 29.0 Å². The molecule has 0 unspecified atom stereocenters. The van der Waals surface area contributed by atoms with Crippen LogP contribution in [0.25, 0.3) is 0 Å². The van der Waals surface area contributed by atoms with Gasteiger partial charge in [0.05, 0.1) is 0 Å². The predicted octanol–water partition coefficient (Wildman–Crippen LogP) is 2.34. The molecule has 0 saturated carbocycles. The highest BCUT2D eigenvalue weighted by Crippen LogP contribution is 2.24. The lowest BCUT2D eigenvalue weighted by Crippen LogP contribution is -2.27. The molecule has 0 atom stereocenters. The zero-order chi connectivity index (χ0) is 14.5. The lowest BCUT2D eigenvalue weighted by Gasteiger charge is -2.08.